The number of amides is 1. The lowest BCUT2D eigenvalue weighted by Gasteiger charge is -2.21. The first kappa shape index (κ1) is 13.1. The zero-order chi connectivity index (χ0) is 15.3. The van der Waals surface area contributed by atoms with Crippen molar-refractivity contribution in [2.75, 3.05) is 12.1 Å². The van der Waals surface area contributed by atoms with Crippen LogP contribution in [0.2, 0.25) is 0 Å². The molecule has 1 amide bonds. The average molecular weight is 303 g/mol. The number of fused-ring (bicyclic) bond motifs is 3. The fourth-order valence-corrected chi connectivity index (χ4v) is 3.11. The van der Waals surface area contributed by atoms with Gasteiger partial charge in [-0.25, -0.2) is 0 Å². The summed E-state index contributed by atoms with van der Waals surface area (Å²) < 4.78 is 16.0. The van der Waals surface area contributed by atoms with Crippen molar-refractivity contribution in [1.29, 1.82) is 0 Å². The van der Waals surface area contributed by atoms with E-state index in [-0.39, 0.29) is 12.7 Å². The molecule has 7 nitrogen and oxygen atoms in total. The molecule has 0 spiro atoms. The highest BCUT2D eigenvalue weighted by Gasteiger charge is 2.53. The molecule has 0 aromatic heterocycles. The second-order valence-corrected chi connectivity index (χ2v) is 5.40. The van der Waals surface area contributed by atoms with E-state index in [1.54, 1.807) is 30.4 Å². The van der Waals surface area contributed by atoms with Crippen LogP contribution in [0.25, 0.3) is 0 Å². The van der Waals surface area contributed by atoms with Gasteiger partial charge in [0.05, 0.1) is 18.1 Å². The van der Waals surface area contributed by atoms with Crippen molar-refractivity contribution in [3.05, 3.63) is 30.4 Å². The second kappa shape index (κ2) is 4.74. The van der Waals surface area contributed by atoms with E-state index < -0.39 is 30.0 Å². The number of anilines is 1. The van der Waals surface area contributed by atoms with E-state index in [9.17, 15) is 14.7 Å². The summed E-state index contributed by atoms with van der Waals surface area (Å²) in [5.74, 6) is -1.82. The van der Waals surface area contributed by atoms with Crippen LogP contribution < -0.4 is 14.8 Å². The van der Waals surface area contributed by atoms with Gasteiger partial charge < -0.3 is 24.6 Å². The molecule has 2 bridgehead atoms. The molecule has 1 aromatic rings. The molecule has 3 heterocycles. The Labute approximate surface area is 125 Å². The summed E-state index contributed by atoms with van der Waals surface area (Å²) in [4.78, 5) is 23.8. The number of ether oxygens (including phenoxy) is 3. The highest BCUT2D eigenvalue weighted by atomic mass is 16.7. The van der Waals surface area contributed by atoms with Crippen molar-refractivity contribution in [3.63, 3.8) is 0 Å². The molecule has 0 aliphatic carbocycles. The number of rotatable bonds is 3. The van der Waals surface area contributed by atoms with Crippen LogP contribution in [0.3, 0.4) is 0 Å². The zero-order valence-electron chi connectivity index (χ0n) is 11.4. The van der Waals surface area contributed by atoms with Crippen molar-refractivity contribution in [2.24, 2.45) is 11.8 Å². The highest BCUT2D eigenvalue weighted by Crippen LogP contribution is 2.40. The molecular formula is C15H13NO6. The largest absolute Gasteiger partial charge is 0.481 e. The summed E-state index contributed by atoms with van der Waals surface area (Å²) in [5, 5.41) is 12.0. The first-order chi connectivity index (χ1) is 10.6. The third kappa shape index (κ3) is 1.93. The quantitative estimate of drug-likeness (QED) is 0.809. The van der Waals surface area contributed by atoms with Crippen molar-refractivity contribution in [3.8, 4) is 11.5 Å². The molecular weight excluding hydrogens is 290 g/mol. The van der Waals surface area contributed by atoms with Gasteiger partial charge in [-0.2, -0.15) is 0 Å². The zero-order valence-corrected chi connectivity index (χ0v) is 11.4. The second-order valence-electron chi connectivity index (χ2n) is 5.40. The van der Waals surface area contributed by atoms with Gasteiger partial charge >= 0.3 is 5.97 Å². The number of hydrogen-bond acceptors (Lipinski definition) is 5. The van der Waals surface area contributed by atoms with Gasteiger partial charge in [-0.3, -0.25) is 9.59 Å². The Kier molecular flexibility index (Phi) is 2.83. The number of hydrogen-bond donors (Lipinski definition) is 2. The minimum absolute atomic E-state index is 0.152. The maximum atomic E-state index is 12.5. The Morgan fingerprint density at radius 3 is 2.59 bits per heavy atom. The first-order valence-electron chi connectivity index (χ1n) is 6.90. The molecule has 22 heavy (non-hydrogen) atoms. The topological polar surface area (TPSA) is 94.1 Å². The first-order valence-corrected chi connectivity index (χ1v) is 6.90. The Bertz CT molecular complexity index is 685. The predicted octanol–water partition coefficient (Wildman–Crippen LogP) is 1.01. The lowest BCUT2D eigenvalue weighted by atomic mass is 9.82. The molecule has 4 atom stereocenters. The molecule has 3 aliphatic rings. The Morgan fingerprint density at radius 2 is 1.82 bits per heavy atom. The van der Waals surface area contributed by atoms with Crippen LogP contribution >= 0.6 is 0 Å². The van der Waals surface area contributed by atoms with Gasteiger partial charge in [-0.05, 0) is 12.1 Å². The van der Waals surface area contributed by atoms with E-state index >= 15 is 0 Å². The number of carboxylic acid groups (broad SMARTS) is 1. The van der Waals surface area contributed by atoms with Crippen LogP contribution in [0.15, 0.2) is 30.4 Å². The predicted molar refractivity (Wildman–Crippen MR) is 73.6 cm³/mol. The fourth-order valence-electron chi connectivity index (χ4n) is 3.11. The van der Waals surface area contributed by atoms with Gasteiger partial charge in [0.2, 0.25) is 12.7 Å². The van der Waals surface area contributed by atoms with Crippen LogP contribution in [0, 0.1) is 11.8 Å². The summed E-state index contributed by atoms with van der Waals surface area (Å²) in [5.41, 5.74) is 0.533. The SMILES string of the molecule is O=C(O)[C@@H]1[C@H](C(=O)Nc2ccc3c(c2)OCO3)[C@H]2C=C[C@H]1O2. The molecule has 1 aromatic carbocycles. The summed E-state index contributed by atoms with van der Waals surface area (Å²) in [6, 6.07) is 5.04. The number of aliphatic carboxylic acids is 1. The van der Waals surface area contributed by atoms with Crippen LogP contribution in [0.4, 0.5) is 5.69 Å². The monoisotopic (exact) mass is 303 g/mol. The van der Waals surface area contributed by atoms with Crippen molar-refractivity contribution < 1.29 is 28.9 Å². The maximum Gasteiger partial charge on any atom is 0.310 e. The van der Waals surface area contributed by atoms with E-state index in [1.165, 1.54) is 0 Å². The van der Waals surface area contributed by atoms with E-state index in [4.69, 9.17) is 14.2 Å². The summed E-state index contributed by atoms with van der Waals surface area (Å²) in [7, 11) is 0. The molecule has 0 unspecified atom stereocenters. The summed E-state index contributed by atoms with van der Waals surface area (Å²) in [6.45, 7) is 0.152. The smallest absolute Gasteiger partial charge is 0.310 e. The molecule has 0 saturated carbocycles. The van der Waals surface area contributed by atoms with E-state index in [2.05, 4.69) is 5.32 Å². The van der Waals surface area contributed by atoms with Crippen LogP contribution in [0.1, 0.15) is 0 Å². The normalized spacial score (nSPS) is 30.5. The molecule has 7 heteroatoms. The number of carbonyl (C=O) groups is 2. The lowest BCUT2D eigenvalue weighted by molar-refractivity contribution is -0.145. The molecule has 4 rings (SSSR count). The summed E-state index contributed by atoms with van der Waals surface area (Å²) in [6.07, 6.45) is 2.43. The van der Waals surface area contributed by atoms with Gasteiger partial charge in [-0.1, -0.05) is 12.2 Å². The van der Waals surface area contributed by atoms with Crippen LogP contribution in [-0.2, 0) is 14.3 Å². The van der Waals surface area contributed by atoms with Gasteiger partial charge in [0.25, 0.3) is 0 Å². The van der Waals surface area contributed by atoms with E-state index in [1.807, 2.05) is 0 Å². The minimum atomic E-state index is -1.03. The average Bonchev–Trinajstić information content (AvgIpc) is 3.20. The minimum Gasteiger partial charge on any atom is -0.481 e. The fraction of sp³-hybridized carbons (Fsp3) is 0.333. The standard InChI is InChI=1S/C15H13NO6/c17-14(12-9-3-4-10(22-9)13(12)15(18)19)16-7-1-2-8-11(5-7)21-6-20-8/h1-5,9-10,12-13H,6H2,(H,16,17)(H,18,19)/t9-,10-,12-,13+/m1/s1. The Morgan fingerprint density at radius 1 is 1.09 bits per heavy atom. The van der Waals surface area contributed by atoms with Gasteiger partial charge in [-0.15, -0.1) is 0 Å². The highest BCUT2D eigenvalue weighted by molar-refractivity contribution is 5.97. The maximum absolute atomic E-state index is 12.5. The Hall–Kier alpha value is -2.54. The molecule has 2 N–H and O–H groups in total. The summed E-state index contributed by atoms with van der Waals surface area (Å²) >= 11 is 0. The molecule has 114 valence electrons. The number of nitrogens with one attached hydrogen (secondary N) is 1. The lowest BCUT2D eigenvalue weighted by Crippen LogP contribution is -2.39. The molecule has 1 saturated heterocycles. The number of carboxylic acids is 1. The third-order valence-corrected chi connectivity index (χ3v) is 4.13. The van der Waals surface area contributed by atoms with Gasteiger partial charge in [0.15, 0.2) is 11.5 Å². The molecule has 3 aliphatic heterocycles. The van der Waals surface area contributed by atoms with Gasteiger partial charge in [0.1, 0.15) is 5.92 Å². The molecule has 1 fully saturated rings. The van der Waals surface area contributed by atoms with Crippen molar-refractivity contribution in [2.45, 2.75) is 12.2 Å². The number of carbonyl (C=O) groups excluding carboxylic acids is 1. The van der Waals surface area contributed by atoms with E-state index in [0.29, 0.717) is 17.2 Å². The number of benzene rings is 1. The third-order valence-electron chi connectivity index (χ3n) is 4.13. The van der Waals surface area contributed by atoms with Crippen molar-refractivity contribution >= 4 is 17.6 Å². The van der Waals surface area contributed by atoms with Gasteiger partial charge in [0, 0.05) is 11.8 Å². The van der Waals surface area contributed by atoms with Crippen LogP contribution in [0.5, 0.6) is 11.5 Å². The Balaban J connectivity index is 1.55. The molecule has 0 radical (unpaired) electrons. The van der Waals surface area contributed by atoms with Crippen LogP contribution in [-0.4, -0.2) is 36.0 Å². The van der Waals surface area contributed by atoms with E-state index in [0.717, 1.165) is 0 Å². The van der Waals surface area contributed by atoms with Crippen molar-refractivity contribution in [1.82, 2.24) is 0 Å².